The van der Waals surface area contributed by atoms with Crippen molar-refractivity contribution in [2.45, 2.75) is 6.43 Å². The molecule has 0 radical (unpaired) electrons. The Morgan fingerprint density at radius 3 is 2.83 bits per heavy atom. The highest BCUT2D eigenvalue weighted by atomic mass is 19.3. The fourth-order valence-corrected chi connectivity index (χ4v) is 2.53. The number of rotatable bonds is 3. The standard InChI is InChI=1S/C16H11F2N5/c17-15(18)13-11-4-3-10(8-9(11)5-7-20-13)21-16-14-12(22-23-16)2-1-6-19-14/h1-8,15H,(H2,21,22,23). The molecule has 23 heavy (non-hydrogen) atoms. The maximum atomic E-state index is 13.0. The SMILES string of the molecule is FC(F)c1nccc2cc(Nc3n[nH]c4cccnc34)ccc12. The molecular weight excluding hydrogens is 300 g/mol. The number of nitrogens with zero attached hydrogens (tertiary/aromatic N) is 3. The van der Waals surface area contributed by atoms with Crippen LogP contribution in [0.4, 0.5) is 20.3 Å². The molecule has 0 saturated carbocycles. The maximum absolute atomic E-state index is 13.0. The van der Waals surface area contributed by atoms with Crippen LogP contribution in [0.2, 0.25) is 0 Å². The minimum absolute atomic E-state index is 0.207. The van der Waals surface area contributed by atoms with Gasteiger partial charge in [-0.3, -0.25) is 15.1 Å². The quantitative estimate of drug-likeness (QED) is 0.595. The molecule has 5 nitrogen and oxygen atoms in total. The zero-order valence-corrected chi connectivity index (χ0v) is 11.8. The Hall–Kier alpha value is -3.09. The zero-order valence-electron chi connectivity index (χ0n) is 11.8. The van der Waals surface area contributed by atoms with Gasteiger partial charge in [-0.15, -0.1) is 0 Å². The number of pyridine rings is 2. The van der Waals surface area contributed by atoms with Gasteiger partial charge < -0.3 is 5.32 Å². The van der Waals surface area contributed by atoms with Crippen molar-refractivity contribution in [1.29, 1.82) is 0 Å². The number of alkyl halides is 2. The van der Waals surface area contributed by atoms with Gasteiger partial charge in [-0.25, -0.2) is 8.78 Å². The van der Waals surface area contributed by atoms with Crippen LogP contribution < -0.4 is 5.32 Å². The molecule has 0 atom stereocenters. The van der Waals surface area contributed by atoms with Gasteiger partial charge in [0.1, 0.15) is 11.2 Å². The predicted molar refractivity (Wildman–Crippen MR) is 83.9 cm³/mol. The van der Waals surface area contributed by atoms with E-state index in [0.717, 1.165) is 16.7 Å². The number of anilines is 2. The Labute approximate surface area is 129 Å². The first-order valence-corrected chi connectivity index (χ1v) is 6.95. The molecule has 0 fully saturated rings. The van der Waals surface area contributed by atoms with Crippen molar-refractivity contribution >= 4 is 33.3 Å². The second-order valence-corrected chi connectivity index (χ2v) is 5.03. The monoisotopic (exact) mass is 311 g/mol. The lowest BCUT2D eigenvalue weighted by atomic mass is 10.1. The summed E-state index contributed by atoms with van der Waals surface area (Å²) in [7, 11) is 0. The summed E-state index contributed by atoms with van der Waals surface area (Å²) in [6, 6.07) is 10.5. The molecule has 3 heterocycles. The molecule has 0 spiro atoms. The Bertz CT molecular complexity index is 996. The Morgan fingerprint density at radius 1 is 1.04 bits per heavy atom. The number of fused-ring (bicyclic) bond motifs is 2. The van der Waals surface area contributed by atoms with Crippen LogP contribution in [0.5, 0.6) is 0 Å². The van der Waals surface area contributed by atoms with E-state index in [1.54, 1.807) is 30.5 Å². The Kier molecular flexibility index (Phi) is 3.11. The fourth-order valence-electron chi connectivity index (χ4n) is 2.53. The number of aromatic amines is 1. The van der Waals surface area contributed by atoms with Crippen LogP contribution in [0.1, 0.15) is 12.1 Å². The Balaban J connectivity index is 1.75. The third-order valence-electron chi connectivity index (χ3n) is 3.58. The molecule has 4 aromatic rings. The van der Waals surface area contributed by atoms with Crippen LogP contribution in [0, 0.1) is 0 Å². The maximum Gasteiger partial charge on any atom is 0.280 e. The number of hydrogen-bond acceptors (Lipinski definition) is 4. The van der Waals surface area contributed by atoms with Crippen molar-refractivity contribution in [2.75, 3.05) is 5.32 Å². The lowest BCUT2D eigenvalue weighted by Gasteiger charge is -2.08. The van der Waals surface area contributed by atoms with E-state index in [0.29, 0.717) is 16.6 Å². The van der Waals surface area contributed by atoms with E-state index in [2.05, 4.69) is 25.5 Å². The van der Waals surface area contributed by atoms with E-state index < -0.39 is 6.43 Å². The largest absolute Gasteiger partial charge is 0.337 e. The van der Waals surface area contributed by atoms with E-state index in [4.69, 9.17) is 0 Å². The van der Waals surface area contributed by atoms with Gasteiger partial charge in [0.2, 0.25) is 0 Å². The van der Waals surface area contributed by atoms with E-state index in [1.807, 2.05) is 12.1 Å². The van der Waals surface area contributed by atoms with Gasteiger partial charge >= 0.3 is 0 Å². The van der Waals surface area contributed by atoms with Crippen molar-refractivity contribution in [3.63, 3.8) is 0 Å². The Morgan fingerprint density at radius 2 is 1.96 bits per heavy atom. The third-order valence-corrected chi connectivity index (χ3v) is 3.58. The van der Waals surface area contributed by atoms with E-state index >= 15 is 0 Å². The summed E-state index contributed by atoms with van der Waals surface area (Å²) in [5.41, 5.74) is 2.07. The van der Waals surface area contributed by atoms with Crippen molar-refractivity contribution in [1.82, 2.24) is 20.2 Å². The number of aromatic nitrogens is 4. The van der Waals surface area contributed by atoms with Gasteiger partial charge in [-0.2, -0.15) is 5.10 Å². The smallest absolute Gasteiger partial charge is 0.280 e. The van der Waals surface area contributed by atoms with Crippen LogP contribution in [-0.2, 0) is 0 Å². The third kappa shape index (κ3) is 2.36. The summed E-state index contributed by atoms with van der Waals surface area (Å²) in [6.45, 7) is 0. The average Bonchev–Trinajstić information content (AvgIpc) is 2.97. The molecule has 0 bridgehead atoms. The highest BCUT2D eigenvalue weighted by Crippen LogP contribution is 2.29. The lowest BCUT2D eigenvalue weighted by Crippen LogP contribution is -1.94. The number of H-pyrrole nitrogens is 1. The summed E-state index contributed by atoms with van der Waals surface area (Å²) in [5.74, 6) is 0.586. The van der Waals surface area contributed by atoms with Gasteiger partial charge in [0.05, 0.1) is 5.52 Å². The van der Waals surface area contributed by atoms with Gasteiger partial charge in [0.15, 0.2) is 5.82 Å². The van der Waals surface area contributed by atoms with E-state index in [9.17, 15) is 8.78 Å². The van der Waals surface area contributed by atoms with Gasteiger partial charge in [0.25, 0.3) is 6.43 Å². The second-order valence-electron chi connectivity index (χ2n) is 5.03. The van der Waals surface area contributed by atoms with Crippen molar-refractivity contribution in [2.24, 2.45) is 0 Å². The molecule has 0 aliphatic carbocycles. The molecule has 0 amide bonds. The first kappa shape index (κ1) is 13.6. The second kappa shape index (κ2) is 5.28. The van der Waals surface area contributed by atoms with Crippen molar-refractivity contribution in [3.8, 4) is 0 Å². The molecule has 7 heteroatoms. The zero-order chi connectivity index (χ0) is 15.8. The summed E-state index contributed by atoms with van der Waals surface area (Å²) < 4.78 is 26.0. The van der Waals surface area contributed by atoms with E-state index in [1.165, 1.54) is 6.20 Å². The highest BCUT2D eigenvalue weighted by molar-refractivity contribution is 5.91. The number of nitrogens with one attached hydrogen (secondary N) is 2. The van der Waals surface area contributed by atoms with Gasteiger partial charge in [0, 0.05) is 23.5 Å². The summed E-state index contributed by atoms with van der Waals surface area (Å²) in [6.07, 6.45) is 0.473. The van der Waals surface area contributed by atoms with Gasteiger partial charge in [-0.05, 0) is 35.7 Å². The lowest BCUT2D eigenvalue weighted by molar-refractivity contribution is 0.148. The van der Waals surface area contributed by atoms with Crippen LogP contribution in [0.15, 0.2) is 48.8 Å². The highest BCUT2D eigenvalue weighted by Gasteiger charge is 2.13. The number of benzene rings is 1. The topological polar surface area (TPSA) is 66.5 Å². The molecule has 0 aliphatic heterocycles. The molecule has 114 valence electrons. The summed E-state index contributed by atoms with van der Waals surface area (Å²) in [4.78, 5) is 8.03. The molecule has 0 aliphatic rings. The molecule has 1 aromatic carbocycles. The van der Waals surface area contributed by atoms with Crippen molar-refractivity contribution < 1.29 is 8.78 Å². The van der Waals surface area contributed by atoms with Crippen molar-refractivity contribution in [3.05, 3.63) is 54.5 Å². The molecule has 4 rings (SSSR count). The van der Waals surface area contributed by atoms with Crippen LogP contribution in [0.25, 0.3) is 21.8 Å². The number of halogens is 2. The fraction of sp³-hybridized carbons (Fsp3) is 0.0625. The summed E-state index contributed by atoms with van der Waals surface area (Å²) >= 11 is 0. The first-order valence-electron chi connectivity index (χ1n) is 6.95. The summed E-state index contributed by atoms with van der Waals surface area (Å²) in [5, 5.41) is 11.4. The first-order chi connectivity index (χ1) is 11.2. The van der Waals surface area contributed by atoms with Gasteiger partial charge in [-0.1, -0.05) is 6.07 Å². The average molecular weight is 311 g/mol. The molecule has 0 unspecified atom stereocenters. The molecule has 0 saturated heterocycles. The van der Waals surface area contributed by atoms with Crippen LogP contribution in [0.3, 0.4) is 0 Å². The number of hydrogen-bond donors (Lipinski definition) is 2. The normalized spacial score (nSPS) is 11.4. The van der Waals surface area contributed by atoms with Crippen LogP contribution in [-0.4, -0.2) is 20.2 Å². The predicted octanol–water partition coefficient (Wildman–Crippen LogP) is 4.19. The van der Waals surface area contributed by atoms with Crippen LogP contribution >= 0.6 is 0 Å². The molecule has 2 N–H and O–H groups in total. The van der Waals surface area contributed by atoms with E-state index in [-0.39, 0.29) is 5.69 Å². The molecule has 3 aromatic heterocycles. The minimum atomic E-state index is -2.60. The molecular formula is C16H11F2N5. The minimum Gasteiger partial charge on any atom is -0.337 e.